The molecular weight excluding hydrogens is 570 g/mol. The SMILES string of the molecule is CNC(=O)c1cc(-c2cc(OC)cc([C@@H](C)NC(=O)c3cc(N4C[C@H]5CC[C@@H](C4)N5C(=O)OC(C)(C)C)ccc3C)c2)cn1C. The van der Waals surface area contributed by atoms with Crippen LogP contribution in [0.2, 0.25) is 0 Å². The number of carbonyl (C=O) groups is 3. The number of ether oxygens (including phenoxy) is 2. The van der Waals surface area contributed by atoms with Gasteiger partial charge in [-0.25, -0.2) is 4.79 Å². The van der Waals surface area contributed by atoms with Crippen molar-refractivity contribution in [3.63, 3.8) is 0 Å². The molecule has 2 N–H and O–H groups in total. The first-order chi connectivity index (χ1) is 21.3. The molecule has 0 saturated carbocycles. The van der Waals surface area contributed by atoms with E-state index in [9.17, 15) is 14.4 Å². The van der Waals surface area contributed by atoms with E-state index < -0.39 is 5.60 Å². The van der Waals surface area contributed by atoms with E-state index in [1.54, 1.807) is 18.7 Å². The Labute approximate surface area is 265 Å². The van der Waals surface area contributed by atoms with Crippen LogP contribution in [0.4, 0.5) is 10.5 Å². The summed E-state index contributed by atoms with van der Waals surface area (Å²) in [6, 6.07) is 13.5. The fourth-order valence-electron chi connectivity index (χ4n) is 6.37. The number of hydrogen-bond acceptors (Lipinski definition) is 6. The number of aryl methyl sites for hydroxylation is 2. The maximum atomic E-state index is 13.7. The number of anilines is 1. The lowest BCUT2D eigenvalue weighted by Crippen LogP contribution is -2.56. The summed E-state index contributed by atoms with van der Waals surface area (Å²) in [7, 11) is 5.05. The van der Waals surface area contributed by atoms with Gasteiger partial charge < -0.3 is 29.6 Å². The van der Waals surface area contributed by atoms with E-state index >= 15 is 0 Å². The first kappa shape index (κ1) is 31.9. The second kappa shape index (κ2) is 12.5. The van der Waals surface area contributed by atoms with Crippen LogP contribution in [0, 0.1) is 6.92 Å². The molecule has 2 saturated heterocycles. The van der Waals surface area contributed by atoms with Gasteiger partial charge in [0.05, 0.1) is 25.2 Å². The third-order valence-electron chi connectivity index (χ3n) is 8.73. The first-order valence-corrected chi connectivity index (χ1v) is 15.5. The molecule has 2 bridgehead atoms. The summed E-state index contributed by atoms with van der Waals surface area (Å²) in [5.41, 5.74) is 5.12. The van der Waals surface area contributed by atoms with Gasteiger partial charge >= 0.3 is 6.09 Å². The number of nitrogens with one attached hydrogen (secondary N) is 2. The van der Waals surface area contributed by atoms with E-state index in [0.29, 0.717) is 30.1 Å². The molecular formula is C35H45N5O5. The second-order valence-electron chi connectivity index (χ2n) is 13.2. The third kappa shape index (κ3) is 6.79. The minimum Gasteiger partial charge on any atom is -0.497 e. The number of benzene rings is 2. The summed E-state index contributed by atoms with van der Waals surface area (Å²) in [6.07, 6.45) is 3.54. The molecule has 2 aliphatic heterocycles. The Morgan fingerprint density at radius 3 is 2.27 bits per heavy atom. The molecule has 0 aliphatic carbocycles. The lowest BCUT2D eigenvalue weighted by molar-refractivity contribution is 0.0123. The molecule has 3 amide bonds. The summed E-state index contributed by atoms with van der Waals surface area (Å²) in [4.78, 5) is 43.1. The van der Waals surface area contributed by atoms with E-state index in [2.05, 4.69) is 21.6 Å². The van der Waals surface area contributed by atoms with Crippen LogP contribution in [-0.4, -0.2) is 72.3 Å². The summed E-state index contributed by atoms with van der Waals surface area (Å²) in [5.74, 6) is 0.332. The highest BCUT2D eigenvalue weighted by Gasteiger charge is 2.44. The van der Waals surface area contributed by atoms with E-state index in [1.807, 2.05) is 89.2 Å². The minimum absolute atomic E-state index is 0.0801. The molecule has 10 heteroatoms. The summed E-state index contributed by atoms with van der Waals surface area (Å²) in [5, 5.41) is 5.85. The molecule has 0 radical (unpaired) electrons. The lowest BCUT2D eigenvalue weighted by Gasteiger charge is -2.42. The predicted molar refractivity (Wildman–Crippen MR) is 175 cm³/mol. The first-order valence-electron chi connectivity index (χ1n) is 15.5. The highest BCUT2D eigenvalue weighted by atomic mass is 16.6. The van der Waals surface area contributed by atoms with Crippen molar-refractivity contribution >= 4 is 23.6 Å². The van der Waals surface area contributed by atoms with E-state index in [1.165, 1.54) is 0 Å². The fraction of sp³-hybridized carbons (Fsp3) is 0.457. The summed E-state index contributed by atoms with van der Waals surface area (Å²) in [6.45, 7) is 11.0. The van der Waals surface area contributed by atoms with E-state index in [0.717, 1.165) is 40.8 Å². The van der Waals surface area contributed by atoms with Gasteiger partial charge in [0, 0.05) is 50.2 Å². The monoisotopic (exact) mass is 615 g/mol. The zero-order valence-corrected chi connectivity index (χ0v) is 27.6. The molecule has 5 rings (SSSR count). The third-order valence-corrected chi connectivity index (χ3v) is 8.73. The zero-order valence-electron chi connectivity index (χ0n) is 27.6. The number of piperazine rings is 1. The van der Waals surface area contributed by atoms with Crippen molar-refractivity contribution in [3.05, 3.63) is 71.0 Å². The fourth-order valence-corrected chi connectivity index (χ4v) is 6.37. The van der Waals surface area contributed by atoms with Crippen molar-refractivity contribution in [2.75, 3.05) is 32.1 Å². The van der Waals surface area contributed by atoms with Crippen LogP contribution in [0.15, 0.2) is 48.7 Å². The van der Waals surface area contributed by atoms with Gasteiger partial charge in [0.2, 0.25) is 0 Å². The van der Waals surface area contributed by atoms with Crippen LogP contribution in [0.25, 0.3) is 11.1 Å². The molecule has 3 atom stereocenters. The van der Waals surface area contributed by atoms with Gasteiger partial charge in [-0.05, 0) is 101 Å². The minimum atomic E-state index is -0.533. The highest BCUT2D eigenvalue weighted by Crippen LogP contribution is 2.35. The number of rotatable bonds is 7. The average Bonchev–Trinajstić information content (AvgIpc) is 3.51. The zero-order chi connectivity index (χ0) is 32.6. The molecule has 3 heterocycles. The van der Waals surface area contributed by atoms with Crippen LogP contribution in [-0.2, 0) is 11.8 Å². The molecule has 2 aliphatic rings. The maximum Gasteiger partial charge on any atom is 0.410 e. The van der Waals surface area contributed by atoms with Crippen molar-refractivity contribution in [1.29, 1.82) is 0 Å². The van der Waals surface area contributed by atoms with Gasteiger partial charge in [-0.15, -0.1) is 0 Å². The van der Waals surface area contributed by atoms with Gasteiger partial charge in [-0.1, -0.05) is 6.07 Å². The van der Waals surface area contributed by atoms with Crippen molar-refractivity contribution < 1.29 is 23.9 Å². The van der Waals surface area contributed by atoms with Gasteiger partial charge in [-0.3, -0.25) is 14.5 Å². The average molecular weight is 616 g/mol. The topological polar surface area (TPSA) is 105 Å². The number of amides is 3. The van der Waals surface area contributed by atoms with Gasteiger partial charge in [0.15, 0.2) is 0 Å². The van der Waals surface area contributed by atoms with Gasteiger partial charge in [0.25, 0.3) is 11.8 Å². The van der Waals surface area contributed by atoms with Crippen molar-refractivity contribution in [2.45, 2.75) is 71.2 Å². The van der Waals surface area contributed by atoms with Crippen molar-refractivity contribution in [2.24, 2.45) is 7.05 Å². The smallest absolute Gasteiger partial charge is 0.410 e. The Balaban J connectivity index is 1.33. The lowest BCUT2D eigenvalue weighted by atomic mass is 10.00. The number of aromatic nitrogens is 1. The molecule has 10 nitrogen and oxygen atoms in total. The Morgan fingerprint density at radius 2 is 1.64 bits per heavy atom. The Bertz CT molecular complexity index is 1590. The van der Waals surface area contributed by atoms with Crippen LogP contribution in [0.3, 0.4) is 0 Å². The molecule has 2 fully saturated rings. The van der Waals surface area contributed by atoms with E-state index in [-0.39, 0.29) is 36.0 Å². The number of hydrogen-bond donors (Lipinski definition) is 2. The molecule has 45 heavy (non-hydrogen) atoms. The highest BCUT2D eigenvalue weighted by molar-refractivity contribution is 5.97. The number of carbonyl (C=O) groups excluding carboxylic acids is 3. The number of methoxy groups -OCH3 is 1. The molecule has 240 valence electrons. The quantitative estimate of drug-likeness (QED) is 0.367. The normalized spacial score (nSPS) is 18.4. The van der Waals surface area contributed by atoms with Crippen LogP contribution >= 0.6 is 0 Å². The Kier molecular flexibility index (Phi) is 8.87. The van der Waals surface area contributed by atoms with Crippen LogP contribution in [0.5, 0.6) is 5.75 Å². The maximum absolute atomic E-state index is 13.7. The standard InChI is InChI=1S/C35H45N5O5/c1-21-9-10-26(39-19-27-11-12-28(20-39)40(27)34(43)45-35(3,4)5)17-30(21)32(41)37-22(2)23-13-24(15-29(14-23)44-8)25-16-31(33(42)36-6)38(7)18-25/h9-10,13-18,22,27-28H,11-12,19-20H2,1-8H3,(H,36,42)(H,37,41)/t22-,27-,28+/m1/s1. The Hall–Kier alpha value is -4.47. The van der Waals surface area contributed by atoms with Crippen molar-refractivity contribution in [1.82, 2.24) is 20.1 Å². The Morgan fingerprint density at radius 1 is 0.956 bits per heavy atom. The summed E-state index contributed by atoms with van der Waals surface area (Å²) < 4.78 is 13.1. The molecule has 0 unspecified atom stereocenters. The number of nitrogens with zero attached hydrogens (tertiary/aromatic N) is 3. The second-order valence-corrected chi connectivity index (χ2v) is 13.2. The summed E-state index contributed by atoms with van der Waals surface area (Å²) >= 11 is 0. The van der Waals surface area contributed by atoms with Gasteiger partial charge in [0.1, 0.15) is 17.0 Å². The van der Waals surface area contributed by atoms with Gasteiger partial charge in [-0.2, -0.15) is 0 Å². The van der Waals surface area contributed by atoms with Crippen LogP contribution in [0.1, 0.15) is 78.6 Å². The molecule has 3 aromatic rings. The molecule has 1 aromatic heterocycles. The van der Waals surface area contributed by atoms with Crippen LogP contribution < -0.4 is 20.3 Å². The number of fused-ring (bicyclic) bond motifs is 2. The predicted octanol–water partition coefficient (Wildman–Crippen LogP) is 5.45. The molecule has 0 spiro atoms. The largest absolute Gasteiger partial charge is 0.497 e. The van der Waals surface area contributed by atoms with Crippen molar-refractivity contribution in [3.8, 4) is 16.9 Å². The molecule has 2 aromatic carbocycles. The van der Waals surface area contributed by atoms with E-state index in [4.69, 9.17) is 9.47 Å².